The third-order valence-corrected chi connectivity index (χ3v) is 5.04. The second-order valence-electron chi connectivity index (χ2n) is 6.63. The van der Waals surface area contributed by atoms with Gasteiger partial charge in [0.05, 0.1) is 6.10 Å². The van der Waals surface area contributed by atoms with Crippen LogP contribution in [-0.4, -0.2) is 38.3 Å². The van der Waals surface area contributed by atoms with Gasteiger partial charge in [0, 0.05) is 25.0 Å². The van der Waals surface area contributed by atoms with Crippen molar-refractivity contribution in [3.63, 3.8) is 0 Å². The Morgan fingerprint density at radius 2 is 2.05 bits per heavy atom. The van der Waals surface area contributed by atoms with E-state index in [0.29, 0.717) is 6.42 Å². The molecule has 1 heterocycles. The van der Waals surface area contributed by atoms with Crippen LogP contribution >= 0.6 is 0 Å². The number of hydrogen-bond donors (Lipinski definition) is 2. The number of methoxy groups -OCH3 is 1. The molecular weight excluding hydrogens is 240 g/mol. The number of hydrogen-bond acceptors (Lipinski definition) is 3. The van der Waals surface area contributed by atoms with E-state index in [0.717, 1.165) is 31.8 Å². The highest BCUT2D eigenvalue weighted by atomic mass is 16.5. The number of rotatable bonds is 5. The molecular formula is C15H28N2O2. The largest absolute Gasteiger partial charge is 0.381 e. The number of carbonyl (C=O) groups is 1. The first-order chi connectivity index (χ1) is 9.04. The van der Waals surface area contributed by atoms with Crippen LogP contribution in [0.3, 0.4) is 0 Å². The first kappa shape index (κ1) is 14.8. The van der Waals surface area contributed by atoms with Crippen molar-refractivity contribution in [1.82, 2.24) is 10.6 Å². The highest BCUT2D eigenvalue weighted by Gasteiger charge is 2.49. The normalized spacial score (nSPS) is 30.7. The van der Waals surface area contributed by atoms with Gasteiger partial charge in [-0.2, -0.15) is 0 Å². The van der Waals surface area contributed by atoms with Crippen LogP contribution < -0.4 is 10.6 Å². The summed E-state index contributed by atoms with van der Waals surface area (Å²) in [6.45, 7) is 6.56. The maximum Gasteiger partial charge on any atom is 0.220 e. The lowest BCUT2D eigenvalue weighted by Crippen LogP contribution is -2.61. The van der Waals surface area contributed by atoms with E-state index >= 15 is 0 Å². The Morgan fingerprint density at radius 3 is 2.63 bits per heavy atom. The zero-order valence-corrected chi connectivity index (χ0v) is 12.5. The van der Waals surface area contributed by atoms with Crippen LogP contribution in [0.5, 0.6) is 0 Å². The average molecular weight is 268 g/mol. The van der Waals surface area contributed by atoms with E-state index in [-0.39, 0.29) is 23.5 Å². The maximum absolute atomic E-state index is 12.0. The Balaban J connectivity index is 1.67. The van der Waals surface area contributed by atoms with Gasteiger partial charge < -0.3 is 15.4 Å². The third-order valence-electron chi connectivity index (χ3n) is 5.04. The molecule has 0 aromatic heterocycles. The van der Waals surface area contributed by atoms with Gasteiger partial charge in [0.1, 0.15) is 0 Å². The topological polar surface area (TPSA) is 50.4 Å². The second kappa shape index (κ2) is 6.23. The quantitative estimate of drug-likeness (QED) is 0.798. The Hall–Kier alpha value is -0.610. The van der Waals surface area contributed by atoms with E-state index < -0.39 is 0 Å². The second-order valence-corrected chi connectivity index (χ2v) is 6.63. The Bertz CT molecular complexity index is 311. The highest BCUT2D eigenvalue weighted by Crippen LogP contribution is 2.42. The summed E-state index contributed by atoms with van der Waals surface area (Å²) in [6.07, 6.45) is 5.37. The number of carbonyl (C=O) groups excluding carboxylic acids is 1. The molecule has 0 radical (unpaired) electrons. The van der Waals surface area contributed by atoms with Gasteiger partial charge in [-0.3, -0.25) is 4.79 Å². The van der Waals surface area contributed by atoms with Crippen molar-refractivity contribution in [2.75, 3.05) is 20.2 Å². The monoisotopic (exact) mass is 268 g/mol. The Morgan fingerprint density at radius 1 is 1.37 bits per heavy atom. The standard InChI is InChI=1S/C15H28N2O2/c1-15(2)12(10-13(15)19-3)17-14(18)5-4-11-6-8-16-9-7-11/h11-13,16H,4-10H2,1-3H3,(H,17,18). The molecule has 4 nitrogen and oxygen atoms in total. The number of piperidine rings is 1. The van der Waals surface area contributed by atoms with Crippen LogP contribution in [-0.2, 0) is 9.53 Å². The molecule has 1 saturated heterocycles. The first-order valence-electron chi connectivity index (χ1n) is 7.57. The lowest BCUT2D eigenvalue weighted by Gasteiger charge is -2.51. The molecule has 0 bridgehead atoms. The molecule has 2 rings (SSSR count). The van der Waals surface area contributed by atoms with Gasteiger partial charge in [-0.1, -0.05) is 13.8 Å². The van der Waals surface area contributed by atoms with Crippen LogP contribution in [0.1, 0.15) is 46.0 Å². The van der Waals surface area contributed by atoms with Gasteiger partial charge >= 0.3 is 0 Å². The molecule has 1 aliphatic heterocycles. The van der Waals surface area contributed by atoms with Gasteiger partial charge in [-0.25, -0.2) is 0 Å². The van der Waals surface area contributed by atoms with Crippen LogP contribution in [0.2, 0.25) is 0 Å². The lowest BCUT2D eigenvalue weighted by molar-refractivity contribution is -0.133. The summed E-state index contributed by atoms with van der Waals surface area (Å²) in [5, 5.41) is 6.54. The molecule has 1 aliphatic carbocycles. The molecule has 0 spiro atoms. The van der Waals surface area contributed by atoms with E-state index in [1.54, 1.807) is 7.11 Å². The van der Waals surface area contributed by atoms with Crippen molar-refractivity contribution in [3.05, 3.63) is 0 Å². The van der Waals surface area contributed by atoms with Crippen molar-refractivity contribution < 1.29 is 9.53 Å². The van der Waals surface area contributed by atoms with Gasteiger partial charge in [0.25, 0.3) is 0 Å². The summed E-state index contributed by atoms with van der Waals surface area (Å²) < 4.78 is 5.41. The molecule has 0 aromatic rings. The predicted octanol–water partition coefficient (Wildman–Crippen LogP) is 1.70. The molecule has 110 valence electrons. The van der Waals surface area contributed by atoms with Crippen molar-refractivity contribution in [3.8, 4) is 0 Å². The van der Waals surface area contributed by atoms with Crippen molar-refractivity contribution >= 4 is 5.91 Å². The maximum atomic E-state index is 12.0. The van der Waals surface area contributed by atoms with Gasteiger partial charge in [-0.15, -0.1) is 0 Å². The van der Waals surface area contributed by atoms with E-state index in [1.807, 2.05) is 0 Å². The summed E-state index contributed by atoms with van der Waals surface area (Å²) >= 11 is 0. The van der Waals surface area contributed by atoms with Crippen LogP contribution in [0.15, 0.2) is 0 Å². The molecule has 19 heavy (non-hydrogen) atoms. The minimum Gasteiger partial charge on any atom is -0.381 e. The smallest absolute Gasteiger partial charge is 0.220 e. The predicted molar refractivity (Wildman–Crippen MR) is 76.0 cm³/mol. The van der Waals surface area contributed by atoms with Gasteiger partial charge in [0.15, 0.2) is 0 Å². The zero-order chi connectivity index (χ0) is 13.9. The van der Waals surface area contributed by atoms with Crippen LogP contribution in [0, 0.1) is 11.3 Å². The van der Waals surface area contributed by atoms with Crippen LogP contribution in [0.4, 0.5) is 0 Å². The minimum absolute atomic E-state index is 0.0686. The van der Waals surface area contributed by atoms with Crippen LogP contribution in [0.25, 0.3) is 0 Å². The Kier molecular flexibility index (Phi) is 4.85. The summed E-state index contributed by atoms with van der Waals surface area (Å²) in [5.41, 5.74) is 0.0686. The molecule has 4 heteroatoms. The van der Waals surface area contributed by atoms with Crippen molar-refractivity contribution in [2.45, 2.75) is 58.1 Å². The molecule has 0 aromatic carbocycles. The summed E-state index contributed by atoms with van der Waals surface area (Å²) in [4.78, 5) is 12.0. The third kappa shape index (κ3) is 3.48. The molecule has 1 saturated carbocycles. The first-order valence-corrected chi connectivity index (χ1v) is 7.57. The molecule has 2 fully saturated rings. The number of nitrogens with one attached hydrogen (secondary N) is 2. The number of ether oxygens (including phenoxy) is 1. The van der Waals surface area contributed by atoms with E-state index in [1.165, 1.54) is 12.8 Å². The summed E-state index contributed by atoms with van der Waals surface area (Å²) in [6, 6.07) is 0.276. The Labute approximate surface area is 116 Å². The van der Waals surface area contributed by atoms with Crippen molar-refractivity contribution in [1.29, 1.82) is 0 Å². The van der Waals surface area contributed by atoms with Gasteiger partial charge in [0.2, 0.25) is 5.91 Å². The SMILES string of the molecule is COC1CC(NC(=O)CCC2CCNCC2)C1(C)C. The van der Waals surface area contributed by atoms with E-state index in [4.69, 9.17) is 4.74 Å². The molecule has 1 amide bonds. The fourth-order valence-electron chi connectivity index (χ4n) is 3.30. The fourth-order valence-corrected chi connectivity index (χ4v) is 3.30. The van der Waals surface area contributed by atoms with Gasteiger partial charge in [-0.05, 0) is 44.7 Å². The molecule has 2 N–H and O–H groups in total. The molecule has 2 aliphatic rings. The highest BCUT2D eigenvalue weighted by molar-refractivity contribution is 5.76. The summed E-state index contributed by atoms with van der Waals surface area (Å²) in [5.74, 6) is 0.944. The minimum atomic E-state index is 0.0686. The van der Waals surface area contributed by atoms with Crippen molar-refractivity contribution in [2.24, 2.45) is 11.3 Å². The average Bonchev–Trinajstić information content (AvgIpc) is 2.42. The zero-order valence-electron chi connectivity index (χ0n) is 12.5. The molecule has 2 atom stereocenters. The molecule has 2 unspecified atom stereocenters. The van der Waals surface area contributed by atoms with E-state index in [2.05, 4.69) is 24.5 Å². The number of amides is 1. The van der Waals surface area contributed by atoms with E-state index in [9.17, 15) is 4.79 Å². The summed E-state index contributed by atoms with van der Waals surface area (Å²) in [7, 11) is 1.75. The lowest BCUT2D eigenvalue weighted by atomic mass is 9.64. The fraction of sp³-hybridized carbons (Fsp3) is 0.933.